The number of nitrogens with zero attached hydrogens (tertiary/aromatic N) is 3. The molecule has 92 valence electrons. The van der Waals surface area contributed by atoms with Crippen molar-refractivity contribution in [1.29, 1.82) is 0 Å². The second-order valence-electron chi connectivity index (χ2n) is 4.97. The van der Waals surface area contributed by atoms with E-state index in [4.69, 9.17) is 0 Å². The number of hydrogen-bond acceptors (Lipinski definition) is 4. The lowest BCUT2D eigenvalue weighted by Gasteiger charge is -2.36. The Kier molecular flexibility index (Phi) is 2.08. The highest BCUT2D eigenvalue weighted by atomic mass is 16.1. The van der Waals surface area contributed by atoms with Crippen LogP contribution < -0.4 is 10.9 Å². The van der Waals surface area contributed by atoms with Gasteiger partial charge in [0.2, 0.25) is 0 Å². The Morgan fingerprint density at radius 1 is 1.28 bits per heavy atom. The minimum atomic E-state index is -0.408. The zero-order valence-electron chi connectivity index (χ0n) is 10.6. The molecule has 5 heteroatoms. The van der Waals surface area contributed by atoms with E-state index in [-0.39, 0.29) is 5.56 Å². The van der Waals surface area contributed by atoms with Crippen LogP contribution in [-0.4, -0.2) is 14.8 Å². The Morgan fingerprint density at radius 2 is 2.00 bits per heavy atom. The number of aryl methyl sites for hydroxylation is 1. The third kappa shape index (κ3) is 1.44. The summed E-state index contributed by atoms with van der Waals surface area (Å²) in [5.41, 5.74) is 1.61. The highest BCUT2D eigenvalue weighted by Crippen LogP contribution is 2.35. The van der Waals surface area contributed by atoms with Crippen molar-refractivity contribution < 1.29 is 0 Å². The maximum Gasteiger partial charge on any atom is 0.294 e. The maximum atomic E-state index is 11.7. The highest BCUT2D eigenvalue weighted by molar-refractivity contribution is 5.76. The predicted octanol–water partition coefficient (Wildman–Crippen LogP) is 1.73. The SMILES string of the molecule is Cc1nn2c(nc1=O)-c1ccccc1NC2(C)C. The molecule has 18 heavy (non-hydrogen) atoms. The van der Waals surface area contributed by atoms with Gasteiger partial charge in [-0.2, -0.15) is 10.1 Å². The molecule has 1 aliphatic rings. The van der Waals surface area contributed by atoms with Crippen molar-refractivity contribution in [2.45, 2.75) is 26.4 Å². The van der Waals surface area contributed by atoms with Gasteiger partial charge in [-0.3, -0.25) is 4.79 Å². The number of benzene rings is 1. The molecule has 0 amide bonds. The van der Waals surface area contributed by atoms with E-state index in [1.807, 2.05) is 38.1 Å². The van der Waals surface area contributed by atoms with Crippen LogP contribution in [0.25, 0.3) is 11.4 Å². The molecule has 0 saturated carbocycles. The summed E-state index contributed by atoms with van der Waals surface area (Å²) in [5, 5.41) is 7.74. The van der Waals surface area contributed by atoms with E-state index in [1.54, 1.807) is 11.6 Å². The quantitative estimate of drug-likeness (QED) is 0.764. The fourth-order valence-electron chi connectivity index (χ4n) is 2.20. The number of fused-ring (bicyclic) bond motifs is 3. The summed E-state index contributed by atoms with van der Waals surface area (Å²) in [6, 6.07) is 7.80. The molecule has 0 aliphatic carbocycles. The summed E-state index contributed by atoms with van der Waals surface area (Å²) in [4.78, 5) is 15.9. The lowest BCUT2D eigenvalue weighted by molar-refractivity contribution is 0.353. The first-order valence-corrected chi connectivity index (χ1v) is 5.85. The summed E-state index contributed by atoms with van der Waals surface area (Å²) >= 11 is 0. The predicted molar refractivity (Wildman–Crippen MR) is 69.4 cm³/mol. The lowest BCUT2D eigenvalue weighted by atomic mass is 10.1. The molecular weight excluding hydrogens is 228 g/mol. The van der Waals surface area contributed by atoms with Gasteiger partial charge in [-0.1, -0.05) is 12.1 Å². The monoisotopic (exact) mass is 242 g/mol. The van der Waals surface area contributed by atoms with Crippen LogP contribution in [0.4, 0.5) is 5.69 Å². The molecule has 3 rings (SSSR count). The number of aromatic nitrogens is 3. The van der Waals surface area contributed by atoms with Gasteiger partial charge in [0, 0.05) is 11.3 Å². The van der Waals surface area contributed by atoms with Gasteiger partial charge < -0.3 is 5.32 Å². The molecule has 0 fully saturated rings. The van der Waals surface area contributed by atoms with Crippen LogP contribution in [0.2, 0.25) is 0 Å². The average Bonchev–Trinajstić information content (AvgIpc) is 2.31. The minimum Gasteiger partial charge on any atom is -0.361 e. The summed E-state index contributed by atoms with van der Waals surface area (Å²) in [6.07, 6.45) is 0. The molecule has 0 radical (unpaired) electrons. The van der Waals surface area contributed by atoms with Crippen LogP contribution in [0.3, 0.4) is 0 Å². The molecule has 0 bridgehead atoms. The minimum absolute atomic E-state index is 0.270. The zero-order chi connectivity index (χ0) is 12.9. The lowest BCUT2D eigenvalue weighted by Crippen LogP contribution is -2.43. The van der Waals surface area contributed by atoms with E-state index in [0.29, 0.717) is 11.5 Å². The fraction of sp³-hybridized carbons (Fsp3) is 0.308. The molecule has 0 saturated heterocycles. The zero-order valence-corrected chi connectivity index (χ0v) is 10.6. The van der Waals surface area contributed by atoms with Gasteiger partial charge in [-0.25, -0.2) is 4.68 Å². The third-order valence-corrected chi connectivity index (χ3v) is 3.11. The van der Waals surface area contributed by atoms with E-state index in [2.05, 4.69) is 15.4 Å². The second kappa shape index (κ2) is 3.41. The van der Waals surface area contributed by atoms with Crippen molar-refractivity contribution in [1.82, 2.24) is 14.8 Å². The largest absolute Gasteiger partial charge is 0.361 e. The molecule has 0 unspecified atom stereocenters. The summed E-state index contributed by atoms with van der Waals surface area (Å²) < 4.78 is 1.77. The van der Waals surface area contributed by atoms with Gasteiger partial charge >= 0.3 is 0 Å². The van der Waals surface area contributed by atoms with Crippen molar-refractivity contribution in [3.8, 4) is 11.4 Å². The first kappa shape index (κ1) is 11.0. The average molecular weight is 242 g/mol. The van der Waals surface area contributed by atoms with E-state index in [1.165, 1.54) is 0 Å². The van der Waals surface area contributed by atoms with Crippen LogP contribution in [0.1, 0.15) is 19.5 Å². The molecule has 2 heterocycles. The second-order valence-corrected chi connectivity index (χ2v) is 4.97. The number of hydrogen-bond donors (Lipinski definition) is 1. The van der Waals surface area contributed by atoms with Crippen molar-refractivity contribution in [2.24, 2.45) is 0 Å². The molecule has 5 nitrogen and oxygen atoms in total. The Hall–Kier alpha value is -2.17. The number of rotatable bonds is 0. The van der Waals surface area contributed by atoms with Gasteiger partial charge in [0.15, 0.2) is 5.82 Å². The first-order valence-electron chi connectivity index (χ1n) is 5.85. The van der Waals surface area contributed by atoms with Gasteiger partial charge in [0.1, 0.15) is 11.4 Å². The van der Waals surface area contributed by atoms with Gasteiger partial charge in [-0.15, -0.1) is 0 Å². The Bertz CT molecular complexity index is 688. The Morgan fingerprint density at radius 3 is 2.78 bits per heavy atom. The summed E-state index contributed by atoms with van der Waals surface area (Å²) in [5.74, 6) is 0.616. The van der Waals surface area contributed by atoms with Crippen molar-refractivity contribution in [3.63, 3.8) is 0 Å². The van der Waals surface area contributed by atoms with Gasteiger partial charge in [0.05, 0.1) is 0 Å². The molecule has 1 aliphatic heterocycles. The molecule has 1 N–H and O–H groups in total. The van der Waals surface area contributed by atoms with Gasteiger partial charge in [-0.05, 0) is 32.9 Å². The molecule has 2 aromatic rings. The summed E-state index contributed by atoms with van der Waals surface area (Å²) in [7, 11) is 0. The van der Waals surface area contributed by atoms with Crippen LogP contribution in [0.15, 0.2) is 29.1 Å². The third-order valence-electron chi connectivity index (χ3n) is 3.11. The van der Waals surface area contributed by atoms with Crippen LogP contribution in [0.5, 0.6) is 0 Å². The highest BCUT2D eigenvalue weighted by Gasteiger charge is 2.31. The van der Waals surface area contributed by atoms with Crippen molar-refractivity contribution >= 4 is 5.69 Å². The fourth-order valence-corrected chi connectivity index (χ4v) is 2.20. The van der Waals surface area contributed by atoms with Crippen LogP contribution in [-0.2, 0) is 5.66 Å². The van der Waals surface area contributed by atoms with E-state index in [9.17, 15) is 4.79 Å². The van der Waals surface area contributed by atoms with E-state index in [0.717, 1.165) is 11.3 Å². The van der Waals surface area contributed by atoms with E-state index >= 15 is 0 Å². The normalized spacial score (nSPS) is 15.5. The van der Waals surface area contributed by atoms with Crippen molar-refractivity contribution in [3.05, 3.63) is 40.3 Å². The molecule has 0 atom stereocenters. The van der Waals surface area contributed by atoms with Crippen molar-refractivity contribution in [2.75, 3.05) is 5.32 Å². The number of para-hydroxylation sites is 1. The standard InChI is InChI=1S/C13H14N4O/c1-8-12(18)14-11-9-6-4-5-7-10(9)15-13(2,3)17(11)16-8/h4-7,15H,1-3H3. The van der Waals surface area contributed by atoms with Crippen LogP contribution in [0, 0.1) is 6.92 Å². The number of anilines is 1. The van der Waals surface area contributed by atoms with Crippen LogP contribution >= 0.6 is 0 Å². The Labute approximate surface area is 104 Å². The summed E-state index contributed by atoms with van der Waals surface area (Å²) in [6.45, 7) is 5.69. The topological polar surface area (TPSA) is 59.8 Å². The maximum absolute atomic E-state index is 11.7. The Balaban J connectivity index is 2.39. The first-order chi connectivity index (χ1) is 8.49. The smallest absolute Gasteiger partial charge is 0.294 e. The molecule has 1 aromatic heterocycles. The number of nitrogens with one attached hydrogen (secondary N) is 1. The van der Waals surface area contributed by atoms with Gasteiger partial charge in [0.25, 0.3) is 5.56 Å². The molecule has 1 aromatic carbocycles. The molecule has 0 spiro atoms. The van der Waals surface area contributed by atoms with E-state index < -0.39 is 5.66 Å². The molecular formula is C13H14N4O.